The van der Waals surface area contributed by atoms with Gasteiger partial charge in [0.15, 0.2) is 0 Å². The van der Waals surface area contributed by atoms with Gasteiger partial charge >= 0.3 is 0 Å². The molecule has 0 saturated heterocycles. The summed E-state index contributed by atoms with van der Waals surface area (Å²) >= 11 is 0. The van der Waals surface area contributed by atoms with Crippen molar-refractivity contribution in [2.24, 2.45) is 0 Å². The fraction of sp³-hybridized carbons (Fsp3) is 0. The second kappa shape index (κ2) is 11.7. The molecule has 0 radical (unpaired) electrons. The summed E-state index contributed by atoms with van der Waals surface area (Å²) in [4.78, 5) is 0. The van der Waals surface area contributed by atoms with E-state index in [1.165, 1.54) is 0 Å². The van der Waals surface area contributed by atoms with Crippen LogP contribution in [0.2, 0.25) is 0 Å². The highest BCUT2D eigenvalue weighted by molar-refractivity contribution is 6.15. The average Bonchev–Trinajstić information content (AvgIpc) is 3.09. The van der Waals surface area contributed by atoms with E-state index in [1.54, 1.807) is 6.07 Å². The number of benzene rings is 7. The minimum atomic E-state index is 0.252. The highest BCUT2D eigenvalue weighted by Crippen LogP contribution is 2.56. The lowest BCUT2D eigenvalue weighted by Crippen LogP contribution is -2.02. The standard InChI is InChI=1S/C42H30O/c43-36-29-17-16-28-35(36)42-40(33-24-12-4-13-25-33)38(31-20-8-2-9-21-31)37(30-18-6-1-7-19-30)39(32-22-10-3-11-23-32)41(42)34-26-14-5-15-27-34/h1-29,43H. The molecule has 0 bridgehead atoms. The van der Waals surface area contributed by atoms with Gasteiger partial charge in [0.05, 0.1) is 0 Å². The molecule has 0 fully saturated rings. The van der Waals surface area contributed by atoms with E-state index in [1.807, 2.05) is 18.2 Å². The zero-order valence-corrected chi connectivity index (χ0v) is 23.7. The fourth-order valence-corrected chi connectivity index (χ4v) is 6.17. The van der Waals surface area contributed by atoms with E-state index < -0.39 is 0 Å². The maximum absolute atomic E-state index is 11.5. The second-order valence-electron chi connectivity index (χ2n) is 10.6. The van der Waals surface area contributed by atoms with Crippen LogP contribution in [0.1, 0.15) is 0 Å². The largest absolute Gasteiger partial charge is 0.507 e. The Morgan fingerprint density at radius 1 is 0.233 bits per heavy atom. The number of aromatic hydroxyl groups is 1. The van der Waals surface area contributed by atoms with Crippen molar-refractivity contribution in [2.75, 3.05) is 0 Å². The number of hydrogen-bond acceptors (Lipinski definition) is 1. The Bertz CT molecular complexity index is 1880. The predicted molar refractivity (Wildman–Crippen MR) is 181 cm³/mol. The van der Waals surface area contributed by atoms with E-state index in [2.05, 4.69) is 152 Å². The van der Waals surface area contributed by atoms with Gasteiger partial charge in [-0.3, -0.25) is 0 Å². The second-order valence-corrected chi connectivity index (χ2v) is 10.6. The Morgan fingerprint density at radius 3 is 0.744 bits per heavy atom. The molecule has 204 valence electrons. The van der Waals surface area contributed by atoms with Crippen LogP contribution in [0.25, 0.3) is 66.8 Å². The summed E-state index contributed by atoms with van der Waals surface area (Å²) in [6.45, 7) is 0. The topological polar surface area (TPSA) is 20.2 Å². The zero-order chi connectivity index (χ0) is 29.0. The molecule has 7 rings (SSSR count). The molecule has 43 heavy (non-hydrogen) atoms. The summed E-state index contributed by atoms with van der Waals surface area (Å²) in [6.07, 6.45) is 0. The van der Waals surface area contributed by atoms with E-state index in [9.17, 15) is 5.11 Å². The lowest BCUT2D eigenvalue weighted by atomic mass is 9.74. The number of rotatable bonds is 6. The van der Waals surface area contributed by atoms with Crippen molar-refractivity contribution in [1.82, 2.24) is 0 Å². The Kier molecular flexibility index (Phi) is 7.13. The lowest BCUT2D eigenvalue weighted by Gasteiger charge is -2.29. The molecule has 0 atom stereocenters. The molecule has 0 heterocycles. The fourth-order valence-electron chi connectivity index (χ4n) is 6.17. The van der Waals surface area contributed by atoms with Crippen LogP contribution >= 0.6 is 0 Å². The summed E-state index contributed by atoms with van der Waals surface area (Å²) in [7, 11) is 0. The third-order valence-electron chi connectivity index (χ3n) is 7.99. The van der Waals surface area contributed by atoms with Crippen LogP contribution < -0.4 is 0 Å². The molecule has 0 aromatic heterocycles. The van der Waals surface area contributed by atoms with Crippen molar-refractivity contribution in [3.05, 3.63) is 176 Å². The van der Waals surface area contributed by atoms with Gasteiger partial charge in [0.25, 0.3) is 0 Å². The zero-order valence-electron chi connectivity index (χ0n) is 23.7. The van der Waals surface area contributed by atoms with Crippen molar-refractivity contribution in [1.29, 1.82) is 0 Å². The van der Waals surface area contributed by atoms with E-state index in [0.29, 0.717) is 0 Å². The molecular formula is C42H30O. The number of hydrogen-bond donors (Lipinski definition) is 1. The molecule has 0 saturated carbocycles. The van der Waals surface area contributed by atoms with Crippen molar-refractivity contribution in [2.45, 2.75) is 0 Å². The quantitative estimate of drug-likeness (QED) is 0.218. The number of phenols is 1. The van der Waals surface area contributed by atoms with E-state index in [4.69, 9.17) is 0 Å². The smallest absolute Gasteiger partial charge is 0.123 e. The SMILES string of the molecule is Oc1ccccc1-c1c(-c2ccccc2)c(-c2ccccc2)c(-c2ccccc2)c(-c2ccccc2)c1-c1ccccc1. The van der Waals surface area contributed by atoms with Gasteiger partial charge in [-0.25, -0.2) is 0 Å². The van der Waals surface area contributed by atoms with Gasteiger partial charge in [0.2, 0.25) is 0 Å². The molecule has 0 amide bonds. The first kappa shape index (κ1) is 26.3. The molecule has 0 aliphatic carbocycles. The van der Waals surface area contributed by atoms with Gasteiger partial charge in [-0.15, -0.1) is 0 Å². The molecule has 0 aliphatic heterocycles. The molecule has 1 N–H and O–H groups in total. The van der Waals surface area contributed by atoms with E-state index >= 15 is 0 Å². The first-order valence-electron chi connectivity index (χ1n) is 14.6. The third kappa shape index (κ3) is 4.92. The maximum atomic E-state index is 11.5. The first-order chi connectivity index (χ1) is 21.3. The molecule has 0 aliphatic rings. The molecule has 1 nitrogen and oxygen atoms in total. The summed E-state index contributed by atoms with van der Waals surface area (Å²) < 4.78 is 0. The van der Waals surface area contributed by atoms with Crippen LogP contribution in [0.5, 0.6) is 5.75 Å². The van der Waals surface area contributed by atoms with Gasteiger partial charge in [0, 0.05) is 11.1 Å². The van der Waals surface area contributed by atoms with Gasteiger partial charge in [-0.1, -0.05) is 170 Å². The Labute approximate surface area is 253 Å². The van der Waals surface area contributed by atoms with Crippen molar-refractivity contribution >= 4 is 0 Å². The molecule has 7 aromatic carbocycles. The Hall–Kier alpha value is -5.66. The highest BCUT2D eigenvalue weighted by Gasteiger charge is 2.29. The van der Waals surface area contributed by atoms with E-state index in [-0.39, 0.29) is 5.75 Å². The number of para-hydroxylation sites is 1. The van der Waals surface area contributed by atoms with Gasteiger partial charge in [-0.05, 0) is 61.7 Å². The highest BCUT2D eigenvalue weighted by atomic mass is 16.3. The molecule has 1 heteroatoms. The van der Waals surface area contributed by atoms with Crippen molar-refractivity contribution < 1.29 is 5.11 Å². The minimum Gasteiger partial charge on any atom is -0.507 e. The summed E-state index contributed by atoms with van der Waals surface area (Å²) in [5.74, 6) is 0.252. The van der Waals surface area contributed by atoms with Crippen LogP contribution in [-0.2, 0) is 0 Å². The lowest BCUT2D eigenvalue weighted by molar-refractivity contribution is 0.477. The summed E-state index contributed by atoms with van der Waals surface area (Å²) in [6, 6.07) is 60.9. The van der Waals surface area contributed by atoms with Crippen LogP contribution in [0.15, 0.2) is 176 Å². The van der Waals surface area contributed by atoms with Gasteiger partial charge in [-0.2, -0.15) is 0 Å². The van der Waals surface area contributed by atoms with Gasteiger partial charge in [0.1, 0.15) is 5.75 Å². The number of phenolic OH excluding ortho intramolecular Hbond substituents is 1. The average molecular weight is 551 g/mol. The van der Waals surface area contributed by atoms with Crippen molar-refractivity contribution in [3.63, 3.8) is 0 Å². The normalized spacial score (nSPS) is 10.9. The molecule has 0 spiro atoms. The first-order valence-corrected chi connectivity index (χ1v) is 14.6. The Balaban J connectivity index is 1.83. The molecule has 0 unspecified atom stereocenters. The van der Waals surface area contributed by atoms with E-state index in [0.717, 1.165) is 66.8 Å². The summed E-state index contributed by atoms with van der Waals surface area (Å²) in [5, 5.41) is 11.5. The minimum absolute atomic E-state index is 0.252. The van der Waals surface area contributed by atoms with Crippen LogP contribution in [0, 0.1) is 0 Å². The van der Waals surface area contributed by atoms with Crippen LogP contribution in [0.4, 0.5) is 0 Å². The molecule has 7 aromatic rings. The maximum Gasteiger partial charge on any atom is 0.123 e. The third-order valence-corrected chi connectivity index (χ3v) is 7.99. The summed E-state index contributed by atoms with van der Waals surface area (Å²) in [5.41, 5.74) is 13.0. The van der Waals surface area contributed by atoms with Crippen molar-refractivity contribution in [3.8, 4) is 72.5 Å². The predicted octanol–water partition coefficient (Wildman–Crippen LogP) is 11.4. The van der Waals surface area contributed by atoms with Crippen LogP contribution in [0.3, 0.4) is 0 Å². The van der Waals surface area contributed by atoms with Crippen LogP contribution in [-0.4, -0.2) is 5.11 Å². The Morgan fingerprint density at radius 2 is 0.465 bits per heavy atom. The van der Waals surface area contributed by atoms with Gasteiger partial charge < -0.3 is 5.11 Å². The molecular weight excluding hydrogens is 520 g/mol. The monoisotopic (exact) mass is 550 g/mol.